The minimum absolute atomic E-state index is 0.0472. The molecule has 0 spiro atoms. The van der Waals surface area contributed by atoms with Gasteiger partial charge < -0.3 is 9.80 Å². The molecule has 5 rings (SSSR count). The Morgan fingerprint density at radius 1 is 0.971 bits per heavy atom. The zero-order valence-corrected chi connectivity index (χ0v) is 19.8. The summed E-state index contributed by atoms with van der Waals surface area (Å²) in [5.41, 5.74) is 2.28. The quantitative estimate of drug-likeness (QED) is 0.582. The van der Waals surface area contributed by atoms with Crippen LogP contribution < -0.4 is 0 Å². The molecule has 1 aromatic carbocycles. The zero-order chi connectivity index (χ0) is 23.5. The number of piperidine rings is 2. The van der Waals surface area contributed by atoms with Crippen molar-refractivity contribution in [3.8, 4) is 0 Å². The maximum atomic E-state index is 13.3. The molecule has 8 heteroatoms. The molecule has 1 unspecified atom stereocenters. The van der Waals surface area contributed by atoms with E-state index in [1.54, 1.807) is 12.4 Å². The molecule has 8 nitrogen and oxygen atoms in total. The molecule has 0 bridgehead atoms. The van der Waals surface area contributed by atoms with E-state index in [0.29, 0.717) is 37.7 Å². The van der Waals surface area contributed by atoms with E-state index in [1.807, 2.05) is 47.0 Å². The molecule has 2 aromatic heterocycles. The lowest BCUT2D eigenvalue weighted by Crippen LogP contribution is -2.51. The van der Waals surface area contributed by atoms with Crippen molar-refractivity contribution in [3.63, 3.8) is 0 Å². The fourth-order valence-electron chi connectivity index (χ4n) is 5.46. The van der Waals surface area contributed by atoms with Crippen LogP contribution >= 0.6 is 0 Å². The van der Waals surface area contributed by atoms with Crippen LogP contribution in [0.5, 0.6) is 0 Å². The van der Waals surface area contributed by atoms with Gasteiger partial charge in [-0.15, -0.1) is 0 Å². The van der Waals surface area contributed by atoms with Crippen LogP contribution in [0, 0.1) is 12.8 Å². The standard InChI is InChI=1S/C26H32N6O2/c1-19-16-28-22(18-27-19)26(34)30-13-9-20(10-14-30)23-7-4-5-12-31(23)25(33)11-15-32-24-8-3-2-6-21(24)17-29-32/h2-3,6,8,16-18,20,23H,4-5,7,9-15H2,1H3. The molecule has 0 N–H and O–H groups in total. The monoisotopic (exact) mass is 460 g/mol. The van der Waals surface area contributed by atoms with E-state index in [2.05, 4.69) is 20.0 Å². The van der Waals surface area contributed by atoms with Gasteiger partial charge in [0.1, 0.15) is 5.69 Å². The second kappa shape index (κ2) is 9.91. The second-order valence-electron chi connectivity index (χ2n) is 9.50. The van der Waals surface area contributed by atoms with Crippen LogP contribution in [0.3, 0.4) is 0 Å². The summed E-state index contributed by atoms with van der Waals surface area (Å²) in [7, 11) is 0. The fourth-order valence-corrected chi connectivity index (χ4v) is 5.46. The van der Waals surface area contributed by atoms with Gasteiger partial charge in [-0.25, -0.2) is 4.98 Å². The average molecular weight is 461 g/mol. The highest BCUT2D eigenvalue weighted by Gasteiger charge is 2.35. The summed E-state index contributed by atoms with van der Waals surface area (Å²) in [4.78, 5) is 38.5. The third-order valence-corrected chi connectivity index (χ3v) is 7.33. The van der Waals surface area contributed by atoms with Gasteiger partial charge in [0, 0.05) is 43.7 Å². The first-order chi connectivity index (χ1) is 16.6. The molecule has 2 saturated heterocycles. The molecule has 3 aromatic rings. The first kappa shape index (κ1) is 22.5. The highest BCUT2D eigenvalue weighted by molar-refractivity contribution is 5.92. The molecule has 4 heterocycles. The van der Waals surface area contributed by atoms with Crippen molar-refractivity contribution < 1.29 is 9.59 Å². The molecule has 2 fully saturated rings. The van der Waals surface area contributed by atoms with Crippen LogP contribution in [0.25, 0.3) is 10.9 Å². The van der Waals surface area contributed by atoms with Gasteiger partial charge in [0.05, 0.1) is 30.1 Å². The SMILES string of the molecule is Cc1cnc(C(=O)N2CCC(C3CCCCN3C(=O)CCn3ncc4ccccc43)CC2)cn1. The molecule has 178 valence electrons. The number of benzene rings is 1. The molecule has 2 amide bonds. The number of amides is 2. The number of fused-ring (bicyclic) bond motifs is 1. The van der Waals surface area contributed by atoms with Crippen molar-refractivity contribution in [1.82, 2.24) is 29.5 Å². The summed E-state index contributed by atoms with van der Waals surface area (Å²) in [5.74, 6) is 0.606. The van der Waals surface area contributed by atoms with Crippen molar-refractivity contribution in [2.75, 3.05) is 19.6 Å². The molecule has 0 saturated carbocycles. The van der Waals surface area contributed by atoms with Crippen molar-refractivity contribution in [1.29, 1.82) is 0 Å². The predicted octanol–water partition coefficient (Wildman–Crippen LogP) is 3.46. The van der Waals surface area contributed by atoms with Crippen molar-refractivity contribution in [2.45, 2.75) is 58.0 Å². The lowest BCUT2D eigenvalue weighted by Gasteiger charge is -2.43. The van der Waals surface area contributed by atoms with E-state index in [9.17, 15) is 9.59 Å². The van der Waals surface area contributed by atoms with Crippen LogP contribution in [0.4, 0.5) is 0 Å². The van der Waals surface area contributed by atoms with Crippen molar-refractivity contribution in [2.24, 2.45) is 5.92 Å². The largest absolute Gasteiger partial charge is 0.339 e. The Bertz CT molecular complexity index is 1150. The zero-order valence-electron chi connectivity index (χ0n) is 19.8. The summed E-state index contributed by atoms with van der Waals surface area (Å²) < 4.78 is 1.93. The number of carbonyl (C=O) groups excluding carboxylic acids is 2. The van der Waals surface area contributed by atoms with E-state index in [4.69, 9.17) is 0 Å². The van der Waals surface area contributed by atoms with Crippen molar-refractivity contribution in [3.05, 3.63) is 54.2 Å². The first-order valence-electron chi connectivity index (χ1n) is 12.4. The first-order valence-corrected chi connectivity index (χ1v) is 12.4. The van der Waals surface area contributed by atoms with E-state index in [1.165, 1.54) is 0 Å². The Hall–Kier alpha value is -3.29. The number of para-hydroxylation sites is 1. The number of nitrogens with zero attached hydrogens (tertiary/aromatic N) is 6. The predicted molar refractivity (Wildman–Crippen MR) is 129 cm³/mol. The minimum Gasteiger partial charge on any atom is -0.339 e. The number of hydrogen-bond acceptors (Lipinski definition) is 5. The van der Waals surface area contributed by atoms with Gasteiger partial charge >= 0.3 is 0 Å². The van der Waals surface area contributed by atoms with Gasteiger partial charge in [-0.1, -0.05) is 18.2 Å². The number of aryl methyl sites for hydroxylation is 2. The summed E-state index contributed by atoms with van der Waals surface area (Å²) >= 11 is 0. The molecule has 2 aliphatic heterocycles. The average Bonchev–Trinajstić information content (AvgIpc) is 3.30. The van der Waals surface area contributed by atoms with E-state index >= 15 is 0 Å². The van der Waals surface area contributed by atoms with Gasteiger partial charge in [-0.2, -0.15) is 5.10 Å². The minimum atomic E-state index is -0.0472. The van der Waals surface area contributed by atoms with Crippen LogP contribution in [-0.4, -0.2) is 67.0 Å². The number of hydrogen-bond donors (Lipinski definition) is 0. The van der Waals surface area contributed by atoms with Crippen LogP contribution in [-0.2, 0) is 11.3 Å². The summed E-state index contributed by atoms with van der Waals surface area (Å²) in [6, 6.07) is 8.38. The van der Waals surface area contributed by atoms with Gasteiger partial charge in [-0.3, -0.25) is 19.3 Å². The molecular formula is C26H32N6O2. The molecule has 34 heavy (non-hydrogen) atoms. The number of rotatable bonds is 5. The Labute approximate surface area is 200 Å². The Kier molecular flexibility index (Phi) is 6.56. The molecule has 0 radical (unpaired) electrons. The maximum Gasteiger partial charge on any atom is 0.274 e. The van der Waals surface area contributed by atoms with Gasteiger partial charge in [-0.05, 0) is 51.0 Å². The number of carbonyl (C=O) groups is 2. The molecule has 0 aliphatic carbocycles. The van der Waals surface area contributed by atoms with Crippen molar-refractivity contribution >= 4 is 22.7 Å². The third kappa shape index (κ3) is 4.67. The normalized spacial score (nSPS) is 19.5. The Morgan fingerprint density at radius 3 is 2.59 bits per heavy atom. The van der Waals surface area contributed by atoms with E-state index in [-0.39, 0.29) is 17.9 Å². The highest BCUT2D eigenvalue weighted by Crippen LogP contribution is 2.31. The summed E-state index contributed by atoms with van der Waals surface area (Å²) in [6.07, 6.45) is 10.6. The van der Waals surface area contributed by atoms with Gasteiger partial charge in [0.2, 0.25) is 5.91 Å². The van der Waals surface area contributed by atoms with Gasteiger partial charge in [0.25, 0.3) is 5.91 Å². The second-order valence-corrected chi connectivity index (χ2v) is 9.50. The van der Waals surface area contributed by atoms with Crippen LogP contribution in [0.15, 0.2) is 42.9 Å². The van der Waals surface area contributed by atoms with E-state index in [0.717, 1.165) is 55.2 Å². The third-order valence-electron chi connectivity index (χ3n) is 7.33. The lowest BCUT2D eigenvalue weighted by molar-refractivity contribution is -0.137. The lowest BCUT2D eigenvalue weighted by atomic mass is 9.83. The molecule has 2 aliphatic rings. The summed E-state index contributed by atoms with van der Waals surface area (Å²) in [6.45, 7) is 4.70. The highest BCUT2D eigenvalue weighted by atomic mass is 16.2. The number of aromatic nitrogens is 4. The van der Waals surface area contributed by atoms with E-state index < -0.39 is 0 Å². The topological polar surface area (TPSA) is 84.2 Å². The molecule has 1 atom stereocenters. The Balaban J connectivity index is 1.19. The number of likely N-dealkylation sites (tertiary alicyclic amines) is 2. The smallest absolute Gasteiger partial charge is 0.274 e. The molecular weight excluding hydrogens is 428 g/mol. The maximum absolute atomic E-state index is 13.3. The van der Waals surface area contributed by atoms with Crippen LogP contribution in [0.2, 0.25) is 0 Å². The van der Waals surface area contributed by atoms with Crippen LogP contribution in [0.1, 0.15) is 54.7 Å². The van der Waals surface area contributed by atoms with Gasteiger partial charge in [0.15, 0.2) is 0 Å². The summed E-state index contributed by atoms with van der Waals surface area (Å²) in [5, 5.41) is 5.58. The Morgan fingerprint density at radius 2 is 1.79 bits per heavy atom. The fraction of sp³-hybridized carbons (Fsp3) is 0.500.